The van der Waals surface area contributed by atoms with Gasteiger partial charge in [0.2, 0.25) is 5.75 Å². The number of carboxylic acid groups (broad SMARTS) is 1. The number of methoxy groups -OCH3 is 2. The maximum atomic E-state index is 11.7. The van der Waals surface area contributed by atoms with Gasteiger partial charge in [-0.2, -0.15) is 0 Å². The number of rotatable bonds is 6. The van der Waals surface area contributed by atoms with Gasteiger partial charge in [0.25, 0.3) is 0 Å². The van der Waals surface area contributed by atoms with Crippen LogP contribution in [0, 0.1) is 0 Å². The average molecular weight is 360 g/mol. The minimum Gasteiger partial charge on any atom is -0.493 e. The van der Waals surface area contributed by atoms with E-state index in [4.69, 9.17) is 24.1 Å². The molecule has 0 fully saturated rings. The summed E-state index contributed by atoms with van der Waals surface area (Å²) in [6, 6.07) is 3.58. The highest BCUT2D eigenvalue weighted by atomic mass is 16.5. The second-order valence-electron chi connectivity index (χ2n) is 6.38. The molecule has 0 radical (unpaired) electrons. The van der Waals surface area contributed by atoms with Crippen molar-refractivity contribution in [1.29, 1.82) is 0 Å². The summed E-state index contributed by atoms with van der Waals surface area (Å²) in [5.41, 5.74) is 1.74. The van der Waals surface area contributed by atoms with Gasteiger partial charge in [-0.15, -0.1) is 0 Å². The quantitative estimate of drug-likeness (QED) is 0.778. The molecule has 0 saturated carbocycles. The number of esters is 1. The van der Waals surface area contributed by atoms with E-state index in [2.05, 4.69) is 0 Å². The summed E-state index contributed by atoms with van der Waals surface area (Å²) in [4.78, 5) is 22.7. The van der Waals surface area contributed by atoms with Gasteiger partial charge in [0.1, 0.15) is 6.61 Å². The Balaban J connectivity index is 2.06. The van der Waals surface area contributed by atoms with Crippen LogP contribution in [0.1, 0.15) is 18.9 Å². The van der Waals surface area contributed by atoms with Gasteiger partial charge >= 0.3 is 11.9 Å². The Labute approximate surface area is 150 Å². The van der Waals surface area contributed by atoms with E-state index in [0.717, 1.165) is 11.1 Å². The lowest BCUT2D eigenvalue weighted by Crippen LogP contribution is -2.25. The minimum atomic E-state index is -1.09. The molecule has 2 aliphatic rings. The first-order valence-corrected chi connectivity index (χ1v) is 8.08. The minimum absolute atomic E-state index is 0.271. The molecule has 0 aromatic heterocycles. The number of carbonyl (C=O) groups excluding carboxylic acids is 1. The lowest BCUT2D eigenvalue weighted by Gasteiger charge is -2.32. The normalized spacial score (nSPS) is 21.3. The maximum Gasteiger partial charge on any atom is 0.341 e. The number of hydrogen-bond donors (Lipinski definition) is 1. The fourth-order valence-electron chi connectivity index (χ4n) is 3.36. The summed E-state index contributed by atoms with van der Waals surface area (Å²) in [6.07, 6.45) is 4.22. The van der Waals surface area contributed by atoms with Crippen LogP contribution in [0.4, 0.5) is 0 Å². The number of benzene rings is 1. The molecule has 1 aromatic carbocycles. The van der Waals surface area contributed by atoms with Gasteiger partial charge in [-0.3, -0.25) is 0 Å². The van der Waals surface area contributed by atoms with Crippen LogP contribution in [0.25, 0.3) is 0 Å². The van der Waals surface area contributed by atoms with Crippen molar-refractivity contribution in [3.63, 3.8) is 0 Å². The van der Waals surface area contributed by atoms with Crippen molar-refractivity contribution >= 4 is 11.9 Å². The Bertz CT molecular complexity index is 821. The van der Waals surface area contributed by atoms with E-state index < -0.39 is 18.0 Å². The lowest BCUT2D eigenvalue weighted by molar-refractivity contribution is -0.139. The van der Waals surface area contributed by atoms with Crippen molar-refractivity contribution < 1.29 is 33.6 Å². The van der Waals surface area contributed by atoms with Crippen molar-refractivity contribution in [1.82, 2.24) is 0 Å². The Morgan fingerprint density at radius 1 is 1.27 bits per heavy atom. The summed E-state index contributed by atoms with van der Waals surface area (Å²) in [7, 11) is 2.97. The zero-order valence-corrected chi connectivity index (χ0v) is 14.8. The molecule has 1 aliphatic carbocycles. The van der Waals surface area contributed by atoms with Crippen LogP contribution >= 0.6 is 0 Å². The number of ether oxygens (including phenoxy) is 4. The van der Waals surface area contributed by atoms with Gasteiger partial charge in [-0.05, 0) is 18.1 Å². The number of aliphatic carboxylic acids is 1. The average Bonchev–Trinajstić information content (AvgIpc) is 2.98. The zero-order valence-electron chi connectivity index (χ0n) is 14.8. The van der Waals surface area contributed by atoms with Gasteiger partial charge in [-0.1, -0.05) is 25.1 Å². The number of cyclic esters (lactones) is 1. The Kier molecular flexibility index (Phi) is 4.63. The highest BCUT2D eigenvalue weighted by Gasteiger charge is 2.37. The summed E-state index contributed by atoms with van der Waals surface area (Å²) >= 11 is 0. The molecule has 138 valence electrons. The molecule has 0 spiro atoms. The van der Waals surface area contributed by atoms with Gasteiger partial charge in [0.15, 0.2) is 18.1 Å². The van der Waals surface area contributed by atoms with Crippen molar-refractivity contribution in [3.8, 4) is 17.2 Å². The molecule has 7 heteroatoms. The third-order valence-corrected chi connectivity index (χ3v) is 4.63. The molecule has 1 aliphatic heterocycles. The molecule has 1 atom stereocenters. The largest absolute Gasteiger partial charge is 0.493 e. The third kappa shape index (κ3) is 3.00. The lowest BCUT2D eigenvalue weighted by atomic mass is 9.73. The molecule has 1 N–H and O–H groups in total. The Morgan fingerprint density at radius 2 is 2.04 bits per heavy atom. The summed E-state index contributed by atoms with van der Waals surface area (Å²) < 4.78 is 21.4. The van der Waals surface area contributed by atoms with Crippen LogP contribution in [-0.4, -0.2) is 44.5 Å². The predicted molar refractivity (Wildman–Crippen MR) is 91.8 cm³/mol. The highest BCUT2D eigenvalue weighted by Crippen LogP contribution is 2.49. The van der Waals surface area contributed by atoms with Crippen LogP contribution < -0.4 is 14.2 Å². The van der Waals surface area contributed by atoms with Crippen LogP contribution in [0.2, 0.25) is 0 Å². The molecule has 7 nitrogen and oxygen atoms in total. The van der Waals surface area contributed by atoms with Crippen molar-refractivity contribution in [2.75, 3.05) is 27.4 Å². The van der Waals surface area contributed by atoms with E-state index in [1.54, 1.807) is 12.1 Å². The van der Waals surface area contributed by atoms with E-state index in [1.807, 2.05) is 19.1 Å². The summed E-state index contributed by atoms with van der Waals surface area (Å²) in [5.74, 6) is -0.313. The molecule has 1 aromatic rings. The van der Waals surface area contributed by atoms with Crippen LogP contribution in [0.15, 0.2) is 35.4 Å². The molecule has 1 heterocycles. The van der Waals surface area contributed by atoms with Crippen LogP contribution in [0.5, 0.6) is 17.2 Å². The second kappa shape index (κ2) is 6.74. The first kappa shape index (κ1) is 17.8. The molecular formula is C19H20O7. The van der Waals surface area contributed by atoms with Gasteiger partial charge in [-0.25, -0.2) is 9.59 Å². The molecule has 1 unspecified atom stereocenters. The number of carbonyl (C=O) groups is 2. The van der Waals surface area contributed by atoms with Crippen molar-refractivity contribution in [3.05, 3.63) is 41.0 Å². The number of hydrogen-bond acceptors (Lipinski definition) is 6. The molecule has 0 bridgehead atoms. The molecular weight excluding hydrogens is 340 g/mol. The third-order valence-electron chi connectivity index (χ3n) is 4.63. The van der Waals surface area contributed by atoms with Gasteiger partial charge < -0.3 is 24.1 Å². The number of allylic oxidation sites excluding steroid dienone is 1. The SMILES string of the molecule is COc1ccc(C2(C)C=CC3=C(COC3=O)C2)c(OCC(=O)O)c1OC. The fourth-order valence-corrected chi connectivity index (χ4v) is 3.36. The first-order chi connectivity index (χ1) is 12.4. The molecule has 3 rings (SSSR count). The van der Waals surface area contributed by atoms with Gasteiger partial charge in [0.05, 0.1) is 19.8 Å². The Morgan fingerprint density at radius 3 is 2.69 bits per heavy atom. The molecule has 0 amide bonds. The first-order valence-electron chi connectivity index (χ1n) is 8.08. The van der Waals surface area contributed by atoms with Crippen LogP contribution in [0.3, 0.4) is 0 Å². The smallest absolute Gasteiger partial charge is 0.341 e. The van der Waals surface area contributed by atoms with Crippen molar-refractivity contribution in [2.45, 2.75) is 18.8 Å². The molecule has 0 saturated heterocycles. The van der Waals surface area contributed by atoms with E-state index in [9.17, 15) is 9.59 Å². The second-order valence-corrected chi connectivity index (χ2v) is 6.38. The van der Waals surface area contributed by atoms with E-state index in [1.165, 1.54) is 14.2 Å². The fraction of sp³-hybridized carbons (Fsp3) is 0.368. The topological polar surface area (TPSA) is 91.3 Å². The van der Waals surface area contributed by atoms with E-state index in [-0.39, 0.29) is 12.6 Å². The van der Waals surface area contributed by atoms with Crippen LogP contribution in [-0.2, 0) is 19.7 Å². The zero-order chi connectivity index (χ0) is 18.9. The van der Waals surface area contributed by atoms with E-state index in [0.29, 0.717) is 29.2 Å². The summed E-state index contributed by atoms with van der Waals surface area (Å²) in [5, 5.41) is 9.01. The Hall–Kier alpha value is -2.96. The predicted octanol–water partition coefficient (Wildman–Crippen LogP) is 2.24. The molecule has 26 heavy (non-hydrogen) atoms. The monoisotopic (exact) mass is 360 g/mol. The van der Waals surface area contributed by atoms with E-state index >= 15 is 0 Å². The maximum absolute atomic E-state index is 11.7. The standard InChI is InChI=1S/C19H20O7/c1-19(7-6-12-11(8-19)9-26-18(12)22)13-4-5-14(23-2)17(24-3)16(13)25-10-15(20)21/h4-7H,8-10H2,1-3H3,(H,20,21). The number of carboxylic acids is 1. The highest BCUT2D eigenvalue weighted by molar-refractivity contribution is 5.95. The van der Waals surface area contributed by atoms with Crippen molar-refractivity contribution in [2.24, 2.45) is 0 Å². The summed E-state index contributed by atoms with van der Waals surface area (Å²) in [6.45, 7) is 1.75. The van der Waals surface area contributed by atoms with Gasteiger partial charge in [0, 0.05) is 11.0 Å².